The van der Waals surface area contributed by atoms with Gasteiger partial charge in [-0.1, -0.05) is 93.9 Å². The third-order valence-electron chi connectivity index (χ3n) is 6.72. The Hall–Kier alpha value is -2.97. The summed E-state index contributed by atoms with van der Waals surface area (Å²) in [4.78, 5) is 36.3. The number of nitrogens with zero attached hydrogens (tertiary/aromatic N) is 1. The molecule has 0 aliphatic rings. The molecule has 8 heteroatoms. The quantitative estimate of drug-likeness (QED) is 0.0357. The van der Waals surface area contributed by atoms with Crippen molar-refractivity contribution in [1.29, 1.82) is 0 Å². The molecule has 0 saturated carbocycles. The molecule has 0 fully saturated rings. The number of carbonyl (C=O) groups is 3. The van der Waals surface area contributed by atoms with Crippen LogP contribution in [0.25, 0.3) is 0 Å². The van der Waals surface area contributed by atoms with Crippen LogP contribution in [0, 0.1) is 0 Å². The van der Waals surface area contributed by atoms with Crippen LogP contribution in [0.4, 0.5) is 0 Å². The molecule has 0 bridgehead atoms. The second kappa shape index (κ2) is 27.6. The summed E-state index contributed by atoms with van der Waals surface area (Å²) in [5.41, 5.74) is 0. The first-order valence-electron chi connectivity index (χ1n) is 16.3. The average molecular weight is 618 g/mol. The van der Waals surface area contributed by atoms with Gasteiger partial charge in [0.25, 0.3) is 0 Å². The third kappa shape index (κ3) is 25.5. The van der Waals surface area contributed by atoms with Gasteiger partial charge in [0.1, 0.15) is 12.6 Å². The molecule has 0 saturated heterocycles. The van der Waals surface area contributed by atoms with E-state index in [4.69, 9.17) is 14.2 Å². The number of carboxylic acid groups (broad SMARTS) is 1. The van der Waals surface area contributed by atoms with E-state index in [0.717, 1.165) is 57.8 Å². The summed E-state index contributed by atoms with van der Waals surface area (Å²) in [6.45, 7) is 4.24. The minimum atomic E-state index is -1.14. The highest BCUT2D eigenvalue weighted by Gasteiger charge is 2.25. The fourth-order valence-electron chi connectivity index (χ4n) is 4.19. The maximum Gasteiger partial charge on any atom is 0.306 e. The summed E-state index contributed by atoms with van der Waals surface area (Å²) < 4.78 is 16.8. The minimum absolute atomic E-state index is 0.0111. The number of hydrogen-bond donors (Lipinski definition) is 0. The number of likely N-dealkylation sites (N-methyl/N-ethyl adjacent to an activating group) is 1. The maximum absolute atomic E-state index is 12.5. The monoisotopic (exact) mass is 617 g/mol. The number of quaternary nitrogens is 1. The molecule has 0 aromatic heterocycles. The van der Waals surface area contributed by atoms with Crippen molar-refractivity contribution >= 4 is 17.9 Å². The number of hydrogen-bond acceptors (Lipinski definition) is 7. The number of allylic oxidation sites excluding steroid dienone is 10. The van der Waals surface area contributed by atoms with Crippen molar-refractivity contribution in [2.75, 3.05) is 41.0 Å². The Morgan fingerprint density at radius 1 is 0.705 bits per heavy atom. The lowest BCUT2D eigenvalue weighted by atomic mass is 10.1. The number of carboxylic acids is 1. The van der Waals surface area contributed by atoms with Gasteiger partial charge in [-0.2, -0.15) is 0 Å². The lowest BCUT2D eigenvalue weighted by molar-refractivity contribution is -0.889. The summed E-state index contributed by atoms with van der Waals surface area (Å²) in [6, 6.07) is -0.736. The van der Waals surface area contributed by atoms with Crippen molar-refractivity contribution in [3.8, 4) is 0 Å². The second-order valence-corrected chi connectivity index (χ2v) is 11.7. The molecule has 0 aromatic rings. The van der Waals surface area contributed by atoms with E-state index in [1.54, 1.807) is 21.1 Å². The molecule has 8 nitrogen and oxygen atoms in total. The number of esters is 2. The van der Waals surface area contributed by atoms with E-state index in [9.17, 15) is 19.5 Å². The van der Waals surface area contributed by atoms with Crippen molar-refractivity contribution in [2.45, 2.75) is 109 Å². The number of unbranched alkanes of at least 4 members (excludes halogenated alkanes) is 5. The summed E-state index contributed by atoms with van der Waals surface area (Å²) in [5.74, 6) is -1.87. The van der Waals surface area contributed by atoms with Crippen molar-refractivity contribution < 1.29 is 38.2 Å². The molecule has 250 valence electrons. The SMILES string of the molecule is CC/C=C/C=C/C=C/CCCCCCCC(=O)OC(COCCC(C(=O)[O-])[N+](C)(C)C)COC(=O)CC/C=C/C/C=C/CC. The van der Waals surface area contributed by atoms with E-state index in [1.165, 1.54) is 0 Å². The van der Waals surface area contributed by atoms with Gasteiger partial charge in [-0.3, -0.25) is 9.59 Å². The highest BCUT2D eigenvalue weighted by molar-refractivity contribution is 5.70. The first kappa shape index (κ1) is 41.0. The fourth-order valence-corrected chi connectivity index (χ4v) is 4.19. The minimum Gasteiger partial charge on any atom is -0.544 e. The molecule has 0 aliphatic heterocycles. The van der Waals surface area contributed by atoms with Crippen molar-refractivity contribution in [3.63, 3.8) is 0 Å². The van der Waals surface area contributed by atoms with Gasteiger partial charge in [0, 0.05) is 19.3 Å². The van der Waals surface area contributed by atoms with Gasteiger partial charge in [0.2, 0.25) is 0 Å². The maximum atomic E-state index is 12.5. The zero-order valence-corrected chi connectivity index (χ0v) is 28.0. The van der Waals surface area contributed by atoms with Crippen LogP contribution >= 0.6 is 0 Å². The Bertz CT molecular complexity index is 912. The van der Waals surface area contributed by atoms with Crippen LogP contribution in [0.15, 0.2) is 60.8 Å². The number of rotatable bonds is 27. The first-order chi connectivity index (χ1) is 21.1. The largest absolute Gasteiger partial charge is 0.544 e. The molecule has 0 rings (SSSR count). The topological polar surface area (TPSA) is 102 Å². The molecular weight excluding hydrogens is 558 g/mol. The average Bonchev–Trinajstić information content (AvgIpc) is 2.96. The summed E-state index contributed by atoms with van der Waals surface area (Å²) in [6.07, 6.45) is 30.0. The Labute approximate surface area is 267 Å². The smallest absolute Gasteiger partial charge is 0.306 e. The lowest BCUT2D eigenvalue weighted by Crippen LogP contribution is -2.55. The van der Waals surface area contributed by atoms with Crippen molar-refractivity contribution in [3.05, 3.63) is 60.8 Å². The van der Waals surface area contributed by atoms with E-state index in [1.807, 2.05) is 30.4 Å². The highest BCUT2D eigenvalue weighted by atomic mass is 16.6. The molecule has 0 spiro atoms. The van der Waals surface area contributed by atoms with Crippen LogP contribution in [-0.4, -0.2) is 75.5 Å². The molecule has 0 radical (unpaired) electrons. The number of ether oxygens (including phenoxy) is 3. The van der Waals surface area contributed by atoms with Crippen LogP contribution in [0.2, 0.25) is 0 Å². The molecular formula is C36H59NO7. The zero-order chi connectivity index (χ0) is 32.9. The lowest BCUT2D eigenvalue weighted by Gasteiger charge is -2.34. The van der Waals surface area contributed by atoms with E-state index >= 15 is 0 Å². The van der Waals surface area contributed by atoms with Crippen LogP contribution in [0.3, 0.4) is 0 Å². The third-order valence-corrected chi connectivity index (χ3v) is 6.72. The van der Waals surface area contributed by atoms with Gasteiger partial charge in [0.05, 0.1) is 40.3 Å². The van der Waals surface area contributed by atoms with E-state index in [-0.39, 0.29) is 55.5 Å². The van der Waals surface area contributed by atoms with Crippen LogP contribution in [-0.2, 0) is 28.6 Å². The van der Waals surface area contributed by atoms with Crippen LogP contribution in [0.1, 0.15) is 97.3 Å². The Morgan fingerprint density at radius 3 is 2.05 bits per heavy atom. The van der Waals surface area contributed by atoms with Gasteiger partial charge in [0.15, 0.2) is 6.10 Å². The zero-order valence-electron chi connectivity index (χ0n) is 28.0. The molecule has 0 aromatic carbocycles. The summed E-state index contributed by atoms with van der Waals surface area (Å²) in [7, 11) is 5.35. The molecule has 2 atom stereocenters. The highest BCUT2D eigenvalue weighted by Crippen LogP contribution is 2.11. The summed E-state index contributed by atoms with van der Waals surface area (Å²) >= 11 is 0. The molecule has 0 aliphatic carbocycles. The Kier molecular flexibility index (Phi) is 25.7. The van der Waals surface area contributed by atoms with Gasteiger partial charge < -0.3 is 28.6 Å². The standard InChI is InChI=1S/C36H59NO7/c1-6-8-10-12-14-15-16-17-18-19-21-23-25-27-35(39)44-32(30-42-29-28-33(36(40)41)37(3,4)5)31-43-34(38)26-24-22-20-13-11-9-7-2/h8-12,14-16,20,22,32-33H,6-7,13,17-19,21,23-31H2,1-5H3/b10-8+,11-9+,14-12+,16-15+,22-20+. The normalized spacial score (nSPS) is 13.9. The van der Waals surface area contributed by atoms with Gasteiger partial charge in [-0.05, 0) is 44.9 Å². The predicted octanol–water partition coefficient (Wildman–Crippen LogP) is 6.17. The molecule has 0 heterocycles. The number of aliphatic carboxylic acids is 1. The molecule has 0 N–H and O–H groups in total. The van der Waals surface area contributed by atoms with Gasteiger partial charge in [-0.25, -0.2) is 0 Å². The van der Waals surface area contributed by atoms with Crippen LogP contribution < -0.4 is 5.11 Å². The second-order valence-electron chi connectivity index (χ2n) is 11.7. The van der Waals surface area contributed by atoms with Gasteiger partial charge in [-0.15, -0.1) is 0 Å². The van der Waals surface area contributed by atoms with Crippen LogP contribution in [0.5, 0.6) is 0 Å². The molecule has 0 amide bonds. The van der Waals surface area contributed by atoms with Crippen molar-refractivity contribution in [1.82, 2.24) is 0 Å². The number of carbonyl (C=O) groups excluding carboxylic acids is 3. The molecule has 2 unspecified atom stereocenters. The van der Waals surface area contributed by atoms with E-state index in [0.29, 0.717) is 6.42 Å². The van der Waals surface area contributed by atoms with E-state index in [2.05, 4.69) is 44.2 Å². The van der Waals surface area contributed by atoms with Crippen molar-refractivity contribution in [2.24, 2.45) is 0 Å². The molecule has 44 heavy (non-hydrogen) atoms. The Morgan fingerprint density at radius 2 is 1.36 bits per heavy atom. The predicted molar refractivity (Wildman–Crippen MR) is 176 cm³/mol. The van der Waals surface area contributed by atoms with Gasteiger partial charge >= 0.3 is 11.9 Å². The van der Waals surface area contributed by atoms with E-state index < -0.39 is 18.1 Å². The fraction of sp³-hybridized carbons (Fsp3) is 0.639. The summed E-state index contributed by atoms with van der Waals surface area (Å²) in [5, 5.41) is 11.5. The Balaban J connectivity index is 4.57. The first-order valence-corrected chi connectivity index (χ1v) is 16.3.